The minimum atomic E-state index is -5.11. The Morgan fingerprint density at radius 1 is 0.600 bits per heavy atom. The van der Waals surface area contributed by atoms with Crippen molar-refractivity contribution >= 4 is 81.7 Å². The number of carbonyl (C=O) groups excluding carboxylic acids is 4. The molecule has 0 radical (unpaired) electrons. The van der Waals surface area contributed by atoms with Gasteiger partial charge in [0, 0.05) is 20.1 Å². The summed E-state index contributed by atoms with van der Waals surface area (Å²) in [6.45, 7) is 3.57. The summed E-state index contributed by atoms with van der Waals surface area (Å²) in [5.41, 5.74) is -0.0534. The summed E-state index contributed by atoms with van der Waals surface area (Å²) in [7, 11) is 0. The van der Waals surface area contributed by atoms with Crippen molar-refractivity contribution in [3.05, 3.63) is 78.8 Å². The summed E-state index contributed by atoms with van der Waals surface area (Å²) in [4.78, 5) is 44.7. The molecule has 0 fully saturated rings. The Balaban J connectivity index is 0.000000355. The molecule has 0 unspecified atom stereocenters. The molecule has 0 saturated heterocycles. The number of hydrogen-bond donors (Lipinski definition) is 0. The van der Waals surface area contributed by atoms with E-state index in [1.165, 1.54) is 38.1 Å². The van der Waals surface area contributed by atoms with E-state index in [0.717, 1.165) is 13.0 Å². The lowest BCUT2D eigenvalue weighted by Gasteiger charge is -2.07. The van der Waals surface area contributed by atoms with Crippen LogP contribution in [0.5, 0.6) is 0 Å². The molecule has 0 aliphatic rings. The highest BCUT2D eigenvalue weighted by atomic mass is 35.5. The largest absolute Gasteiger partial charge is 0.455 e. The number of hydrogen-bond acceptors (Lipinski definition) is 4. The van der Waals surface area contributed by atoms with E-state index in [1.54, 1.807) is 18.2 Å². The molecular formula is C24H17Cl4F3O4. The minimum Gasteiger partial charge on any atom is -0.294 e. The van der Waals surface area contributed by atoms with Crippen molar-refractivity contribution in [2.45, 2.75) is 26.9 Å². The molecule has 2 rings (SSSR count). The fourth-order valence-electron chi connectivity index (χ4n) is 2.58. The summed E-state index contributed by atoms with van der Waals surface area (Å²) < 4.78 is 37.0. The Kier molecular flexibility index (Phi) is 11.4. The average Bonchev–Trinajstić information content (AvgIpc) is 2.67. The van der Waals surface area contributed by atoms with Crippen molar-refractivity contribution in [3.8, 4) is 0 Å². The van der Waals surface area contributed by atoms with Gasteiger partial charge in [-0.2, -0.15) is 13.2 Å². The van der Waals surface area contributed by atoms with Gasteiger partial charge in [-0.05, 0) is 80.4 Å². The zero-order chi connectivity index (χ0) is 27.1. The van der Waals surface area contributed by atoms with E-state index in [9.17, 15) is 32.3 Å². The third-order valence-electron chi connectivity index (χ3n) is 4.03. The molecule has 0 spiro atoms. The minimum absolute atomic E-state index is 0.137. The van der Waals surface area contributed by atoms with Crippen LogP contribution < -0.4 is 0 Å². The van der Waals surface area contributed by atoms with E-state index in [4.69, 9.17) is 46.4 Å². The second kappa shape index (κ2) is 13.0. The SMILES string of the molecule is CC(=O)/C(=C/c1cc(Cl)cc(Cl)c1)C(=O)C(F)(F)F.CC(=O)C(=Cc1cc(Cl)cc(Cl)c1)C(C)=O. The second-order valence-electron chi connectivity index (χ2n) is 7.02. The number of alkyl halides is 3. The van der Waals surface area contributed by atoms with Gasteiger partial charge in [-0.15, -0.1) is 0 Å². The predicted octanol–water partition coefficient (Wildman–Crippen LogP) is 7.65. The molecule has 0 heterocycles. The summed E-state index contributed by atoms with van der Waals surface area (Å²) >= 11 is 23.0. The first-order chi connectivity index (χ1) is 16.0. The van der Waals surface area contributed by atoms with Gasteiger partial charge in [0.15, 0.2) is 17.3 Å². The molecule has 11 heteroatoms. The number of benzene rings is 2. The number of carbonyl (C=O) groups is 4. The normalized spacial score (nSPS) is 11.2. The maximum atomic E-state index is 12.3. The summed E-state index contributed by atoms with van der Waals surface area (Å²) in [6.07, 6.45) is -2.81. The van der Waals surface area contributed by atoms with Gasteiger partial charge in [-0.3, -0.25) is 19.2 Å². The Morgan fingerprint density at radius 2 is 0.886 bits per heavy atom. The van der Waals surface area contributed by atoms with E-state index in [-0.39, 0.29) is 32.7 Å². The number of rotatable bonds is 6. The van der Waals surface area contributed by atoms with Crippen LogP contribution in [0.25, 0.3) is 12.2 Å². The lowest BCUT2D eigenvalue weighted by atomic mass is 10.0. The Labute approximate surface area is 219 Å². The number of halogens is 7. The van der Waals surface area contributed by atoms with Gasteiger partial charge < -0.3 is 0 Å². The smallest absolute Gasteiger partial charge is 0.294 e. The monoisotopic (exact) mass is 566 g/mol. The van der Waals surface area contributed by atoms with Crippen LogP contribution >= 0.6 is 46.4 Å². The second-order valence-corrected chi connectivity index (χ2v) is 8.76. The van der Waals surface area contributed by atoms with E-state index in [2.05, 4.69) is 0 Å². The van der Waals surface area contributed by atoms with Crippen LogP contribution in [0.4, 0.5) is 13.2 Å². The van der Waals surface area contributed by atoms with Crippen LogP contribution in [-0.2, 0) is 19.2 Å². The number of ketones is 4. The summed E-state index contributed by atoms with van der Waals surface area (Å²) in [5.74, 6) is -3.73. The van der Waals surface area contributed by atoms with Gasteiger partial charge in [0.25, 0.3) is 5.78 Å². The molecule has 0 saturated carbocycles. The molecule has 35 heavy (non-hydrogen) atoms. The highest BCUT2D eigenvalue weighted by molar-refractivity contribution is 6.35. The Bertz CT molecular complexity index is 1180. The molecule has 4 nitrogen and oxygen atoms in total. The van der Waals surface area contributed by atoms with Gasteiger partial charge in [0.05, 0.1) is 11.1 Å². The molecule has 0 bridgehead atoms. The van der Waals surface area contributed by atoms with Crippen molar-refractivity contribution in [3.63, 3.8) is 0 Å². The van der Waals surface area contributed by atoms with Gasteiger partial charge in [0.2, 0.25) is 0 Å². The maximum Gasteiger partial charge on any atom is 0.455 e. The van der Waals surface area contributed by atoms with Gasteiger partial charge in [-0.25, -0.2) is 0 Å². The fraction of sp³-hybridized carbons (Fsp3) is 0.167. The van der Waals surface area contributed by atoms with Crippen LogP contribution in [0.2, 0.25) is 20.1 Å². The molecule has 0 aromatic heterocycles. The van der Waals surface area contributed by atoms with Crippen molar-refractivity contribution in [1.82, 2.24) is 0 Å². The predicted molar refractivity (Wildman–Crippen MR) is 132 cm³/mol. The lowest BCUT2D eigenvalue weighted by molar-refractivity contribution is -0.166. The number of Topliss-reactive ketones (excluding diaryl/α,β-unsaturated/α-hetero) is 4. The van der Waals surface area contributed by atoms with Crippen LogP contribution in [0.1, 0.15) is 31.9 Å². The molecule has 0 atom stereocenters. The molecule has 0 amide bonds. The van der Waals surface area contributed by atoms with Crippen LogP contribution in [0, 0.1) is 0 Å². The van der Waals surface area contributed by atoms with E-state index < -0.39 is 23.3 Å². The van der Waals surface area contributed by atoms with Crippen molar-refractivity contribution in [1.29, 1.82) is 0 Å². The Hall–Kier alpha value is -2.45. The van der Waals surface area contributed by atoms with Gasteiger partial charge in [-0.1, -0.05) is 46.4 Å². The van der Waals surface area contributed by atoms with Gasteiger partial charge in [0.1, 0.15) is 0 Å². The van der Waals surface area contributed by atoms with Crippen LogP contribution in [0.15, 0.2) is 47.5 Å². The molecule has 0 aliphatic heterocycles. The maximum absolute atomic E-state index is 12.3. The van der Waals surface area contributed by atoms with E-state index in [1.807, 2.05) is 0 Å². The quantitative estimate of drug-likeness (QED) is 0.204. The van der Waals surface area contributed by atoms with Crippen molar-refractivity contribution in [2.75, 3.05) is 0 Å². The molecule has 186 valence electrons. The van der Waals surface area contributed by atoms with Crippen molar-refractivity contribution < 1.29 is 32.3 Å². The first-order valence-corrected chi connectivity index (χ1v) is 11.0. The number of allylic oxidation sites excluding steroid dienone is 2. The van der Waals surface area contributed by atoms with Crippen molar-refractivity contribution in [2.24, 2.45) is 0 Å². The van der Waals surface area contributed by atoms with Crippen LogP contribution in [0.3, 0.4) is 0 Å². The fourth-order valence-corrected chi connectivity index (χ4v) is 3.67. The van der Waals surface area contributed by atoms with E-state index >= 15 is 0 Å². The topological polar surface area (TPSA) is 68.3 Å². The molecule has 2 aromatic carbocycles. The molecule has 0 aliphatic carbocycles. The first-order valence-electron chi connectivity index (χ1n) is 9.51. The summed E-state index contributed by atoms with van der Waals surface area (Å²) in [5, 5.41) is 1.29. The first kappa shape index (κ1) is 30.6. The van der Waals surface area contributed by atoms with E-state index in [0.29, 0.717) is 15.6 Å². The zero-order valence-electron chi connectivity index (χ0n) is 18.4. The highest BCUT2D eigenvalue weighted by Gasteiger charge is 2.41. The highest BCUT2D eigenvalue weighted by Crippen LogP contribution is 2.25. The molecular weight excluding hydrogens is 551 g/mol. The average molecular weight is 568 g/mol. The third kappa shape index (κ3) is 10.4. The van der Waals surface area contributed by atoms with Gasteiger partial charge >= 0.3 is 6.18 Å². The molecule has 2 aromatic rings. The third-order valence-corrected chi connectivity index (χ3v) is 4.90. The Morgan fingerprint density at radius 3 is 1.14 bits per heavy atom. The standard InChI is InChI=1S/C12H7Cl2F3O2.C12H10Cl2O2/c1-6(18)10(11(19)12(15,16)17)4-7-2-8(13)5-9(14)3-7;1-7(15)12(8(2)16)5-9-3-10(13)6-11(14)4-9/h2-5H,1H3;3-6H,1-2H3/b10-4-;. The summed E-state index contributed by atoms with van der Waals surface area (Å²) in [6, 6.07) is 8.82. The van der Waals surface area contributed by atoms with Crippen LogP contribution in [-0.4, -0.2) is 29.3 Å². The molecule has 0 N–H and O–H groups in total. The lowest BCUT2D eigenvalue weighted by Crippen LogP contribution is -2.27. The zero-order valence-corrected chi connectivity index (χ0v) is 21.4.